The Kier molecular flexibility index (Phi) is 1.09. The van der Waals surface area contributed by atoms with Gasteiger partial charge in [-0.15, -0.1) is 0 Å². The van der Waals surface area contributed by atoms with E-state index in [-0.39, 0.29) is 0 Å². The molecule has 0 atom stereocenters. The minimum Gasteiger partial charge on any atom is -0.0798 e. The summed E-state index contributed by atoms with van der Waals surface area (Å²) in [5, 5.41) is 0. The highest BCUT2D eigenvalue weighted by Gasteiger charge is 2.20. The molecule has 0 nitrogen and oxygen atoms in total. The third kappa shape index (κ3) is 0.672. The van der Waals surface area contributed by atoms with Crippen molar-refractivity contribution in [2.24, 2.45) is 0 Å². The molecule has 0 bridgehead atoms. The SMILES string of the molecule is [C]1=C2C=CCC3=C2C(=C1)C=CC3. The van der Waals surface area contributed by atoms with Crippen LogP contribution in [-0.4, -0.2) is 0 Å². The van der Waals surface area contributed by atoms with Gasteiger partial charge in [0.05, 0.1) is 0 Å². The second kappa shape index (κ2) is 2.10. The molecule has 0 aromatic rings. The summed E-state index contributed by atoms with van der Waals surface area (Å²) in [4.78, 5) is 0. The lowest BCUT2D eigenvalue weighted by molar-refractivity contribution is 1.04. The third-order valence-electron chi connectivity index (χ3n) is 2.61. The van der Waals surface area contributed by atoms with Gasteiger partial charge < -0.3 is 0 Å². The van der Waals surface area contributed by atoms with Crippen LogP contribution in [0.25, 0.3) is 0 Å². The van der Waals surface area contributed by atoms with Crippen molar-refractivity contribution in [2.45, 2.75) is 12.8 Å². The molecule has 0 aromatic heterocycles. The van der Waals surface area contributed by atoms with Crippen LogP contribution in [0, 0.1) is 6.08 Å². The van der Waals surface area contributed by atoms with Crippen LogP contribution in [0.4, 0.5) is 0 Å². The molecule has 0 saturated heterocycles. The molecule has 0 N–H and O–H groups in total. The first-order valence-corrected chi connectivity index (χ1v) is 4.34. The number of hydrogen-bond donors (Lipinski definition) is 0. The molecule has 3 rings (SSSR count). The second-order valence-electron chi connectivity index (χ2n) is 3.35. The van der Waals surface area contributed by atoms with Crippen LogP contribution in [0.2, 0.25) is 0 Å². The summed E-state index contributed by atoms with van der Waals surface area (Å²) in [5.74, 6) is 0. The van der Waals surface area contributed by atoms with Gasteiger partial charge in [0, 0.05) is 0 Å². The minimum absolute atomic E-state index is 1.13. The molecule has 12 heavy (non-hydrogen) atoms. The Balaban J connectivity index is 2.22. The summed E-state index contributed by atoms with van der Waals surface area (Å²) in [6.07, 6.45) is 16.5. The average molecular weight is 153 g/mol. The molecule has 0 saturated carbocycles. The smallest absolute Gasteiger partial charge is 0.00927 e. The molecular formula is C12H9. The van der Waals surface area contributed by atoms with Crippen molar-refractivity contribution in [1.82, 2.24) is 0 Å². The van der Waals surface area contributed by atoms with Crippen molar-refractivity contribution < 1.29 is 0 Å². The highest BCUT2D eigenvalue weighted by atomic mass is 14.2. The van der Waals surface area contributed by atoms with Crippen molar-refractivity contribution in [3.8, 4) is 0 Å². The zero-order valence-electron chi connectivity index (χ0n) is 6.80. The zero-order chi connectivity index (χ0) is 7.97. The van der Waals surface area contributed by atoms with Crippen molar-refractivity contribution in [3.05, 3.63) is 58.7 Å². The second-order valence-corrected chi connectivity index (χ2v) is 3.35. The highest BCUT2D eigenvalue weighted by Crippen LogP contribution is 2.38. The van der Waals surface area contributed by atoms with Crippen LogP contribution in [0.3, 0.4) is 0 Å². The van der Waals surface area contributed by atoms with Crippen LogP contribution in [0.5, 0.6) is 0 Å². The standard InChI is InChI=1S/C12H9/c1-3-9-4-2-6-11-8-7-10(5-1)12(9)11/h1-2,5-7H,3-4H2. The summed E-state index contributed by atoms with van der Waals surface area (Å²) in [6, 6.07) is 0. The molecule has 0 aromatic carbocycles. The summed E-state index contributed by atoms with van der Waals surface area (Å²) in [5.41, 5.74) is 5.66. The number of allylic oxidation sites excluding steroid dienone is 10. The van der Waals surface area contributed by atoms with Gasteiger partial charge in [0.15, 0.2) is 0 Å². The molecule has 0 amide bonds. The van der Waals surface area contributed by atoms with Gasteiger partial charge in [-0.05, 0) is 41.7 Å². The summed E-state index contributed by atoms with van der Waals surface area (Å²) in [6.45, 7) is 0. The Labute approximate surface area is 72.3 Å². The quantitative estimate of drug-likeness (QED) is 0.502. The third-order valence-corrected chi connectivity index (χ3v) is 2.61. The molecule has 0 unspecified atom stereocenters. The largest absolute Gasteiger partial charge is 0.0798 e. The summed E-state index contributed by atoms with van der Waals surface area (Å²) >= 11 is 0. The van der Waals surface area contributed by atoms with Gasteiger partial charge in [-0.25, -0.2) is 0 Å². The Bertz CT molecular complexity index is 348. The molecule has 0 aliphatic heterocycles. The summed E-state index contributed by atoms with van der Waals surface area (Å²) in [7, 11) is 0. The van der Waals surface area contributed by atoms with E-state index < -0.39 is 0 Å². The molecule has 1 radical (unpaired) electrons. The number of hydrogen-bond acceptors (Lipinski definition) is 0. The van der Waals surface area contributed by atoms with E-state index in [0.29, 0.717) is 0 Å². The zero-order valence-corrected chi connectivity index (χ0v) is 6.80. The van der Waals surface area contributed by atoms with E-state index in [4.69, 9.17) is 0 Å². The predicted octanol–water partition coefficient (Wildman–Crippen LogP) is 2.87. The minimum atomic E-state index is 1.13. The maximum absolute atomic E-state index is 3.29. The number of rotatable bonds is 0. The van der Waals surface area contributed by atoms with Gasteiger partial charge in [-0.3, -0.25) is 0 Å². The van der Waals surface area contributed by atoms with Crippen LogP contribution >= 0.6 is 0 Å². The van der Waals surface area contributed by atoms with Crippen molar-refractivity contribution in [1.29, 1.82) is 0 Å². The first-order chi connectivity index (χ1) is 5.95. The van der Waals surface area contributed by atoms with Crippen LogP contribution in [0.15, 0.2) is 52.7 Å². The first kappa shape index (κ1) is 6.24. The predicted molar refractivity (Wildman–Crippen MR) is 49.4 cm³/mol. The van der Waals surface area contributed by atoms with Crippen LogP contribution in [0.1, 0.15) is 12.8 Å². The van der Waals surface area contributed by atoms with Gasteiger partial charge in [0.2, 0.25) is 0 Å². The monoisotopic (exact) mass is 153 g/mol. The lowest BCUT2D eigenvalue weighted by atomic mass is 9.86. The van der Waals surface area contributed by atoms with E-state index in [1.807, 2.05) is 0 Å². The fraction of sp³-hybridized carbons (Fsp3) is 0.167. The fourth-order valence-corrected chi connectivity index (χ4v) is 2.05. The normalized spacial score (nSPS) is 24.0. The van der Waals surface area contributed by atoms with E-state index in [0.717, 1.165) is 12.8 Å². The maximum atomic E-state index is 3.29. The molecule has 0 fully saturated rings. The van der Waals surface area contributed by atoms with E-state index in [2.05, 4.69) is 36.5 Å². The van der Waals surface area contributed by atoms with E-state index in [1.54, 1.807) is 5.57 Å². The first-order valence-electron chi connectivity index (χ1n) is 4.34. The topological polar surface area (TPSA) is 0 Å². The molecule has 3 aliphatic carbocycles. The molecule has 0 heteroatoms. The average Bonchev–Trinajstić information content (AvgIpc) is 2.52. The van der Waals surface area contributed by atoms with Crippen LogP contribution in [-0.2, 0) is 0 Å². The van der Waals surface area contributed by atoms with E-state index >= 15 is 0 Å². The summed E-state index contributed by atoms with van der Waals surface area (Å²) < 4.78 is 0. The van der Waals surface area contributed by atoms with E-state index in [9.17, 15) is 0 Å². The molecule has 57 valence electrons. The lowest BCUT2D eigenvalue weighted by Gasteiger charge is -2.19. The van der Waals surface area contributed by atoms with Gasteiger partial charge in [0.1, 0.15) is 0 Å². The molecule has 3 aliphatic rings. The van der Waals surface area contributed by atoms with Crippen LogP contribution < -0.4 is 0 Å². The highest BCUT2D eigenvalue weighted by molar-refractivity contribution is 5.66. The molecule has 0 heterocycles. The Morgan fingerprint density at radius 1 is 1.08 bits per heavy atom. The molecule has 0 spiro atoms. The van der Waals surface area contributed by atoms with Crippen molar-refractivity contribution in [3.63, 3.8) is 0 Å². The van der Waals surface area contributed by atoms with Gasteiger partial charge >= 0.3 is 0 Å². The Morgan fingerprint density at radius 2 is 1.92 bits per heavy atom. The Morgan fingerprint density at radius 3 is 2.83 bits per heavy atom. The van der Waals surface area contributed by atoms with Gasteiger partial charge in [0.25, 0.3) is 0 Å². The lowest BCUT2D eigenvalue weighted by Crippen LogP contribution is -2.00. The maximum Gasteiger partial charge on any atom is -0.00927 e. The van der Waals surface area contributed by atoms with Crippen molar-refractivity contribution >= 4 is 0 Å². The van der Waals surface area contributed by atoms with Crippen molar-refractivity contribution in [2.75, 3.05) is 0 Å². The van der Waals surface area contributed by atoms with E-state index in [1.165, 1.54) is 16.7 Å². The Hall–Kier alpha value is -1.30. The van der Waals surface area contributed by atoms with Gasteiger partial charge in [-0.1, -0.05) is 29.9 Å². The molecular weight excluding hydrogens is 144 g/mol. The van der Waals surface area contributed by atoms with Gasteiger partial charge in [-0.2, -0.15) is 0 Å². The fourth-order valence-electron chi connectivity index (χ4n) is 2.05.